The predicted molar refractivity (Wildman–Crippen MR) is 63.9 cm³/mol. The molecule has 1 heterocycles. The van der Waals surface area contributed by atoms with Crippen LogP contribution in [0.25, 0.3) is 5.69 Å². The van der Waals surface area contributed by atoms with E-state index in [1.54, 1.807) is 4.68 Å². The van der Waals surface area contributed by atoms with Crippen LogP contribution in [-0.2, 0) is 5.41 Å². The molecule has 0 spiro atoms. The Morgan fingerprint density at radius 2 is 1.75 bits per heavy atom. The van der Waals surface area contributed by atoms with Gasteiger partial charge in [-0.05, 0) is 12.1 Å². The number of benzene rings is 1. The maximum atomic E-state index is 9.84. The van der Waals surface area contributed by atoms with Gasteiger partial charge in [-0.15, -0.1) is 0 Å². The van der Waals surface area contributed by atoms with E-state index >= 15 is 0 Å². The maximum absolute atomic E-state index is 9.84. The molecule has 3 heteroatoms. The molecule has 1 aromatic heterocycles. The summed E-state index contributed by atoms with van der Waals surface area (Å²) in [6.45, 7) is 6.18. The summed E-state index contributed by atoms with van der Waals surface area (Å²) in [5, 5.41) is 14.1. The van der Waals surface area contributed by atoms with Gasteiger partial charge >= 0.3 is 0 Å². The summed E-state index contributed by atoms with van der Waals surface area (Å²) in [6.07, 6.45) is 1.49. The number of aromatic nitrogens is 2. The molecule has 84 valence electrons. The third-order valence-corrected chi connectivity index (χ3v) is 2.46. The zero-order chi connectivity index (χ0) is 11.8. The highest BCUT2D eigenvalue weighted by molar-refractivity contribution is 5.39. The Labute approximate surface area is 95.3 Å². The van der Waals surface area contributed by atoms with Crippen LogP contribution in [-0.4, -0.2) is 14.9 Å². The highest BCUT2D eigenvalue weighted by atomic mass is 16.3. The van der Waals surface area contributed by atoms with Crippen molar-refractivity contribution in [3.63, 3.8) is 0 Å². The summed E-state index contributed by atoms with van der Waals surface area (Å²) >= 11 is 0. The molecule has 2 rings (SSSR count). The topological polar surface area (TPSA) is 38.1 Å². The quantitative estimate of drug-likeness (QED) is 0.796. The molecule has 1 N–H and O–H groups in total. The normalized spacial score (nSPS) is 11.7. The Hall–Kier alpha value is -1.77. The minimum Gasteiger partial charge on any atom is -0.504 e. The monoisotopic (exact) mass is 216 g/mol. The average molecular weight is 216 g/mol. The molecule has 3 nitrogen and oxygen atoms in total. The Morgan fingerprint density at radius 1 is 1.12 bits per heavy atom. The van der Waals surface area contributed by atoms with Crippen molar-refractivity contribution in [1.82, 2.24) is 9.78 Å². The van der Waals surface area contributed by atoms with Gasteiger partial charge in [0.15, 0.2) is 5.75 Å². The lowest BCUT2D eigenvalue weighted by atomic mass is 9.91. The molecule has 0 aliphatic heterocycles. The van der Waals surface area contributed by atoms with Crippen molar-refractivity contribution in [3.8, 4) is 11.4 Å². The molecule has 0 fully saturated rings. The Bertz CT molecular complexity index is 480. The molecule has 0 aliphatic carbocycles. The molecular weight excluding hydrogens is 200 g/mol. The van der Waals surface area contributed by atoms with Crippen molar-refractivity contribution in [2.24, 2.45) is 0 Å². The van der Waals surface area contributed by atoms with Gasteiger partial charge in [-0.3, -0.25) is 0 Å². The second-order valence-electron chi connectivity index (χ2n) is 4.88. The van der Waals surface area contributed by atoms with Crippen LogP contribution in [0.1, 0.15) is 26.5 Å². The largest absolute Gasteiger partial charge is 0.504 e. The highest BCUT2D eigenvalue weighted by Crippen LogP contribution is 2.31. The van der Waals surface area contributed by atoms with Gasteiger partial charge in [0.05, 0.1) is 17.6 Å². The van der Waals surface area contributed by atoms with Gasteiger partial charge in [0, 0.05) is 5.41 Å². The second kappa shape index (κ2) is 3.67. The van der Waals surface area contributed by atoms with Crippen LogP contribution in [0.3, 0.4) is 0 Å². The minimum absolute atomic E-state index is 0.142. The summed E-state index contributed by atoms with van der Waals surface area (Å²) < 4.78 is 1.79. The first-order valence-corrected chi connectivity index (χ1v) is 5.33. The molecule has 0 saturated heterocycles. The first-order chi connectivity index (χ1) is 7.50. The van der Waals surface area contributed by atoms with Crippen molar-refractivity contribution in [2.45, 2.75) is 26.2 Å². The van der Waals surface area contributed by atoms with Gasteiger partial charge in [-0.1, -0.05) is 39.0 Å². The first kappa shape index (κ1) is 10.7. The van der Waals surface area contributed by atoms with Crippen LogP contribution in [0.4, 0.5) is 0 Å². The van der Waals surface area contributed by atoms with Crippen LogP contribution in [0.5, 0.6) is 5.75 Å². The lowest BCUT2D eigenvalue weighted by Crippen LogP contribution is -2.17. The molecule has 16 heavy (non-hydrogen) atoms. The van der Waals surface area contributed by atoms with Crippen molar-refractivity contribution in [2.75, 3.05) is 0 Å². The lowest BCUT2D eigenvalue weighted by Gasteiger charge is -2.20. The van der Waals surface area contributed by atoms with E-state index < -0.39 is 0 Å². The van der Waals surface area contributed by atoms with Crippen molar-refractivity contribution < 1.29 is 5.11 Å². The van der Waals surface area contributed by atoms with Crippen LogP contribution in [0.2, 0.25) is 0 Å². The van der Waals surface area contributed by atoms with Crippen LogP contribution in [0, 0.1) is 0 Å². The molecule has 0 saturated carbocycles. The Balaban J connectivity index is 2.60. The summed E-state index contributed by atoms with van der Waals surface area (Å²) in [7, 11) is 0. The van der Waals surface area contributed by atoms with E-state index in [1.165, 1.54) is 6.20 Å². The van der Waals surface area contributed by atoms with E-state index in [0.717, 1.165) is 11.4 Å². The van der Waals surface area contributed by atoms with Gasteiger partial charge in [-0.2, -0.15) is 5.10 Å². The van der Waals surface area contributed by atoms with E-state index in [2.05, 4.69) is 25.9 Å². The summed E-state index contributed by atoms with van der Waals surface area (Å²) in [5.74, 6) is 0.247. The van der Waals surface area contributed by atoms with Crippen LogP contribution < -0.4 is 0 Å². The van der Waals surface area contributed by atoms with Crippen LogP contribution in [0.15, 0.2) is 36.5 Å². The fraction of sp³-hybridized carbons (Fsp3) is 0.308. The number of aromatic hydroxyl groups is 1. The molecule has 0 bridgehead atoms. The molecule has 0 amide bonds. The zero-order valence-corrected chi connectivity index (χ0v) is 9.81. The summed E-state index contributed by atoms with van der Waals surface area (Å²) in [4.78, 5) is 0. The Morgan fingerprint density at radius 3 is 2.31 bits per heavy atom. The van der Waals surface area contributed by atoms with Crippen molar-refractivity contribution in [3.05, 3.63) is 42.2 Å². The van der Waals surface area contributed by atoms with Gasteiger partial charge in [0.25, 0.3) is 0 Å². The van der Waals surface area contributed by atoms with Gasteiger partial charge in [0.2, 0.25) is 0 Å². The minimum atomic E-state index is -0.142. The molecular formula is C13H16N2O. The van der Waals surface area contributed by atoms with Crippen LogP contribution >= 0.6 is 0 Å². The van der Waals surface area contributed by atoms with Gasteiger partial charge < -0.3 is 5.11 Å². The predicted octanol–water partition coefficient (Wildman–Crippen LogP) is 2.88. The molecule has 0 radical (unpaired) electrons. The third-order valence-electron chi connectivity index (χ3n) is 2.46. The number of rotatable bonds is 1. The van der Waals surface area contributed by atoms with Gasteiger partial charge in [-0.25, -0.2) is 4.68 Å². The zero-order valence-electron chi connectivity index (χ0n) is 9.81. The first-order valence-electron chi connectivity index (χ1n) is 5.33. The van der Waals surface area contributed by atoms with E-state index in [0.29, 0.717) is 0 Å². The van der Waals surface area contributed by atoms with E-state index in [-0.39, 0.29) is 11.2 Å². The molecule has 0 aliphatic rings. The van der Waals surface area contributed by atoms with Crippen molar-refractivity contribution >= 4 is 0 Å². The number of hydrogen-bond donors (Lipinski definition) is 1. The Kier molecular flexibility index (Phi) is 2.46. The summed E-state index contributed by atoms with van der Waals surface area (Å²) in [5.41, 5.74) is 1.66. The number of nitrogens with zero attached hydrogens (tertiary/aromatic N) is 2. The van der Waals surface area contributed by atoms with Gasteiger partial charge in [0.1, 0.15) is 0 Å². The third kappa shape index (κ3) is 1.81. The summed E-state index contributed by atoms with van der Waals surface area (Å²) in [6, 6.07) is 9.83. The van der Waals surface area contributed by atoms with Crippen molar-refractivity contribution in [1.29, 1.82) is 0 Å². The van der Waals surface area contributed by atoms with E-state index in [1.807, 2.05) is 30.3 Å². The molecule has 0 atom stereocenters. The lowest BCUT2D eigenvalue weighted by molar-refractivity contribution is 0.439. The number of para-hydroxylation sites is 1. The van der Waals surface area contributed by atoms with E-state index in [9.17, 15) is 5.11 Å². The smallest absolute Gasteiger partial charge is 0.157 e. The standard InChI is InChI=1S/C13H16N2O/c1-13(2,3)12-11(16)9-14-15(12)10-7-5-4-6-8-10/h4-9,16H,1-3H3. The molecule has 1 aromatic carbocycles. The number of hydrogen-bond acceptors (Lipinski definition) is 2. The van der Waals surface area contributed by atoms with E-state index in [4.69, 9.17) is 0 Å². The SMILES string of the molecule is CC(C)(C)c1c(O)cnn1-c1ccccc1. The average Bonchev–Trinajstić information content (AvgIpc) is 2.61. The maximum Gasteiger partial charge on any atom is 0.157 e. The molecule has 0 unspecified atom stereocenters. The molecule has 2 aromatic rings. The highest BCUT2D eigenvalue weighted by Gasteiger charge is 2.24. The fourth-order valence-corrected chi connectivity index (χ4v) is 1.81. The fourth-order valence-electron chi connectivity index (χ4n) is 1.81. The second-order valence-corrected chi connectivity index (χ2v) is 4.88.